The molecule has 6 heteroatoms. The van der Waals surface area contributed by atoms with Gasteiger partial charge in [0.2, 0.25) is 5.91 Å². The Morgan fingerprint density at radius 1 is 1.30 bits per heavy atom. The molecule has 0 spiro atoms. The molecule has 0 radical (unpaired) electrons. The molecule has 1 fully saturated rings. The molecule has 0 aromatic heterocycles. The molecule has 0 unspecified atom stereocenters. The normalized spacial score (nSPS) is 16.9. The predicted molar refractivity (Wildman–Crippen MR) is 78.9 cm³/mol. The van der Waals surface area contributed by atoms with Crippen LogP contribution in [0.4, 0.5) is 4.79 Å². The largest absolute Gasteiger partial charge is 0.444 e. The smallest absolute Gasteiger partial charge is 0.410 e. The van der Waals surface area contributed by atoms with E-state index >= 15 is 0 Å². The Balaban J connectivity index is 2.56. The fourth-order valence-electron chi connectivity index (χ4n) is 2.37. The molecule has 2 amide bonds. The lowest BCUT2D eigenvalue weighted by atomic mass is 10.0. The lowest BCUT2D eigenvalue weighted by Gasteiger charge is -2.38. The highest BCUT2D eigenvalue weighted by Gasteiger charge is 2.30. The van der Waals surface area contributed by atoms with Gasteiger partial charge in [0.15, 0.2) is 0 Å². The standard InChI is InChI=1S/C14H25ClN2O3/c1-5-17(13(19)20-14(2,3)4)11-6-8-16(9-7-11)12(18)10-15/h11H,5-10H2,1-4H3. The van der Waals surface area contributed by atoms with Gasteiger partial charge in [-0.15, -0.1) is 11.6 Å². The first-order valence-electron chi connectivity index (χ1n) is 7.12. The summed E-state index contributed by atoms with van der Waals surface area (Å²) in [6, 6.07) is 0.134. The second-order valence-corrected chi connectivity index (χ2v) is 6.28. The molecule has 1 rings (SSSR count). The minimum Gasteiger partial charge on any atom is -0.444 e. The first-order chi connectivity index (χ1) is 9.28. The van der Waals surface area contributed by atoms with Gasteiger partial charge in [-0.2, -0.15) is 0 Å². The van der Waals surface area contributed by atoms with Gasteiger partial charge >= 0.3 is 6.09 Å². The number of carbonyl (C=O) groups is 2. The number of piperidine rings is 1. The summed E-state index contributed by atoms with van der Waals surface area (Å²) >= 11 is 5.56. The van der Waals surface area contributed by atoms with Crippen molar-refractivity contribution >= 4 is 23.6 Å². The zero-order chi connectivity index (χ0) is 15.3. The van der Waals surface area contributed by atoms with E-state index in [0.717, 1.165) is 12.8 Å². The van der Waals surface area contributed by atoms with E-state index in [-0.39, 0.29) is 23.9 Å². The van der Waals surface area contributed by atoms with Crippen LogP contribution in [-0.4, -0.2) is 59.0 Å². The van der Waals surface area contributed by atoms with Crippen molar-refractivity contribution in [1.82, 2.24) is 9.80 Å². The van der Waals surface area contributed by atoms with Crippen molar-refractivity contribution in [2.45, 2.75) is 52.2 Å². The van der Waals surface area contributed by atoms with E-state index in [2.05, 4.69) is 0 Å². The van der Waals surface area contributed by atoms with Crippen molar-refractivity contribution in [3.05, 3.63) is 0 Å². The number of rotatable bonds is 3. The van der Waals surface area contributed by atoms with Crippen LogP contribution in [0.5, 0.6) is 0 Å². The molecule has 116 valence electrons. The number of hydrogen-bond acceptors (Lipinski definition) is 3. The van der Waals surface area contributed by atoms with Crippen LogP contribution >= 0.6 is 11.6 Å². The van der Waals surface area contributed by atoms with Gasteiger partial charge in [-0.3, -0.25) is 4.79 Å². The summed E-state index contributed by atoms with van der Waals surface area (Å²) in [7, 11) is 0. The highest BCUT2D eigenvalue weighted by Crippen LogP contribution is 2.19. The third-order valence-electron chi connectivity index (χ3n) is 3.34. The topological polar surface area (TPSA) is 49.9 Å². The average Bonchev–Trinajstić information content (AvgIpc) is 2.37. The lowest BCUT2D eigenvalue weighted by Crippen LogP contribution is -2.50. The first kappa shape index (κ1) is 17.1. The molecule has 5 nitrogen and oxygen atoms in total. The quantitative estimate of drug-likeness (QED) is 0.753. The molecule has 0 bridgehead atoms. The summed E-state index contributed by atoms with van der Waals surface area (Å²) in [4.78, 5) is 27.2. The highest BCUT2D eigenvalue weighted by atomic mass is 35.5. The molecule has 1 aliphatic rings. The van der Waals surface area contributed by atoms with Crippen LogP contribution in [0.25, 0.3) is 0 Å². The van der Waals surface area contributed by atoms with Crippen LogP contribution in [-0.2, 0) is 9.53 Å². The Morgan fingerprint density at radius 2 is 1.85 bits per heavy atom. The molecule has 0 aliphatic carbocycles. The fourth-order valence-corrected chi connectivity index (χ4v) is 2.54. The van der Waals surface area contributed by atoms with Crippen molar-refractivity contribution in [2.24, 2.45) is 0 Å². The number of likely N-dealkylation sites (tertiary alicyclic amines) is 1. The van der Waals surface area contributed by atoms with Crippen molar-refractivity contribution in [3.63, 3.8) is 0 Å². The second kappa shape index (κ2) is 7.16. The minimum atomic E-state index is -0.486. The number of carbonyl (C=O) groups excluding carboxylic acids is 2. The summed E-state index contributed by atoms with van der Waals surface area (Å²) in [6.07, 6.45) is 1.27. The molecule has 0 saturated carbocycles. The van der Waals surface area contributed by atoms with Gasteiger partial charge in [0.1, 0.15) is 11.5 Å². The van der Waals surface area contributed by atoms with Gasteiger partial charge in [0.05, 0.1) is 0 Å². The van der Waals surface area contributed by atoms with Crippen LogP contribution in [0, 0.1) is 0 Å². The zero-order valence-electron chi connectivity index (χ0n) is 12.8. The Labute approximate surface area is 126 Å². The second-order valence-electron chi connectivity index (χ2n) is 6.01. The average molecular weight is 305 g/mol. The number of alkyl halides is 1. The minimum absolute atomic E-state index is 0.0220. The van der Waals surface area contributed by atoms with Gasteiger partial charge in [-0.25, -0.2) is 4.79 Å². The maximum absolute atomic E-state index is 12.2. The van der Waals surface area contributed by atoms with Crippen LogP contribution < -0.4 is 0 Å². The Morgan fingerprint density at radius 3 is 2.25 bits per heavy atom. The summed E-state index contributed by atoms with van der Waals surface area (Å²) in [6.45, 7) is 9.44. The van der Waals surface area contributed by atoms with Crippen LogP contribution in [0.3, 0.4) is 0 Å². The number of halogens is 1. The number of hydrogen-bond donors (Lipinski definition) is 0. The van der Waals surface area contributed by atoms with Crippen molar-refractivity contribution < 1.29 is 14.3 Å². The van der Waals surface area contributed by atoms with Crippen molar-refractivity contribution in [3.8, 4) is 0 Å². The Bertz CT molecular complexity index is 347. The Hall–Kier alpha value is -0.970. The molecule has 1 heterocycles. The SMILES string of the molecule is CCN(C(=O)OC(C)(C)C)C1CCN(C(=O)CCl)CC1. The summed E-state index contributed by atoms with van der Waals surface area (Å²) in [5.74, 6) is -0.0146. The van der Waals surface area contributed by atoms with Crippen LogP contribution in [0.15, 0.2) is 0 Å². The zero-order valence-corrected chi connectivity index (χ0v) is 13.6. The van der Waals surface area contributed by atoms with Crippen LogP contribution in [0.2, 0.25) is 0 Å². The van der Waals surface area contributed by atoms with E-state index in [4.69, 9.17) is 16.3 Å². The third-order valence-corrected chi connectivity index (χ3v) is 3.57. The van der Waals surface area contributed by atoms with E-state index in [1.54, 1.807) is 9.80 Å². The van der Waals surface area contributed by atoms with E-state index in [1.165, 1.54) is 0 Å². The van der Waals surface area contributed by atoms with Crippen molar-refractivity contribution in [2.75, 3.05) is 25.5 Å². The van der Waals surface area contributed by atoms with Gasteiger partial charge in [-0.05, 0) is 40.5 Å². The summed E-state index contributed by atoms with van der Waals surface area (Å²) in [5.41, 5.74) is -0.486. The van der Waals surface area contributed by atoms with E-state index < -0.39 is 5.60 Å². The summed E-state index contributed by atoms with van der Waals surface area (Å²) < 4.78 is 5.42. The molecule has 0 N–H and O–H groups in total. The molecule has 0 atom stereocenters. The molecule has 20 heavy (non-hydrogen) atoms. The fraction of sp³-hybridized carbons (Fsp3) is 0.857. The Kier molecular flexibility index (Phi) is 6.11. The van der Waals surface area contributed by atoms with Crippen molar-refractivity contribution in [1.29, 1.82) is 0 Å². The molecule has 1 aliphatic heterocycles. The number of nitrogens with zero attached hydrogens (tertiary/aromatic N) is 2. The molecule has 1 saturated heterocycles. The maximum Gasteiger partial charge on any atom is 0.410 e. The molecule has 0 aromatic rings. The lowest BCUT2D eigenvalue weighted by molar-refractivity contribution is -0.129. The number of ether oxygens (including phenoxy) is 1. The monoisotopic (exact) mass is 304 g/mol. The van der Waals surface area contributed by atoms with E-state index in [9.17, 15) is 9.59 Å². The van der Waals surface area contributed by atoms with Gasteiger partial charge in [-0.1, -0.05) is 0 Å². The number of amides is 2. The van der Waals surface area contributed by atoms with Gasteiger partial charge in [0, 0.05) is 25.7 Å². The van der Waals surface area contributed by atoms with E-state index in [0.29, 0.717) is 19.6 Å². The summed E-state index contributed by atoms with van der Waals surface area (Å²) in [5, 5.41) is 0. The molecule has 0 aromatic carbocycles. The van der Waals surface area contributed by atoms with Gasteiger partial charge in [0.25, 0.3) is 0 Å². The first-order valence-corrected chi connectivity index (χ1v) is 7.65. The van der Waals surface area contributed by atoms with Crippen LogP contribution in [0.1, 0.15) is 40.5 Å². The third kappa shape index (κ3) is 4.85. The van der Waals surface area contributed by atoms with Gasteiger partial charge < -0.3 is 14.5 Å². The molecular formula is C14H25ClN2O3. The predicted octanol–water partition coefficient (Wildman–Crippen LogP) is 2.47. The maximum atomic E-state index is 12.2. The van der Waals surface area contributed by atoms with E-state index in [1.807, 2.05) is 27.7 Å². The highest BCUT2D eigenvalue weighted by molar-refractivity contribution is 6.27. The molecular weight excluding hydrogens is 280 g/mol.